The highest BCUT2D eigenvalue weighted by Crippen LogP contribution is 2.19. The fourth-order valence-electron chi connectivity index (χ4n) is 2.16. The lowest BCUT2D eigenvalue weighted by Crippen LogP contribution is -2.39. The molecule has 1 aromatic rings. The van der Waals surface area contributed by atoms with E-state index in [1.54, 1.807) is 13.8 Å². The van der Waals surface area contributed by atoms with Crippen LogP contribution in [0.4, 0.5) is 0 Å². The first-order valence-corrected chi connectivity index (χ1v) is 6.86. The minimum atomic E-state index is -0.899. The molecule has 0 spiro atoms. The molecule has 6 heteroatoms. The summed E-state index contributed by atoms with van der Waals surface area (Å²) in [5, 5.41) is 2.67. The Hall–Kier alpha value is -2.11. The lowest BCUT2D eigenvalue weighted by atomic mass is 10.1. The Kier molecular flexibility index (Phi) is 5.29. The van der Waals surface area contributed by atoms with Crippen molar-refractivity contribution < 1.29 is 19.1 Å². The summed E-state index contributed by atoms with van der Waals surface area (Å²) in [6.07, 6.45) is -0.899. The number of esters is 1. The molecule has 0 saturated heterocycles. The number of aromatic amines is 1. The maximum absolute atomic E-state index is 12.1. The maximum atomic E-state index is 12.1. The number of aromatic nitrogens is 1. The van der Waals surface area contributed by atoms with E-state index < -0.39 is 12.1 Å². The Bertz CT molecular complexity index is 572. The third-order valence-electron chi connectivity index (χ3n) is 3.08. The third-order valence-corrected chi connectivity index (χ3v) is 3.08. The molecule has 1 rings (SSSR count). The molecule has 0 aromatic carbocycles. The summed E-state index contributed by atoms with van der Waals surface area (Å²) < 4.78 is 5.13. The summed E-state index contributed by atoms with van der Waals surface area (Å²) in [6, 6.07) is -0.0302. The van der Waals surface area contributed by atoms with Crippen molar-refractivity contribution in [2.45, 2.75) is 53.7 Å². The Morgan fingerprint density at radius 3 is 2.14 bits per heavy atom. The van der Waals surface area contributed by atoms with E-state index in [-0.39, 0.29) is 23.4 Å². The zero-order valence-electron chi connectivity index (χ0n) is 13.3. The monoisotopic (exact) mass is 294 g/mol. The second-order valence-corrected chi connectivity index (χ2v) is 5.39. The highest BCUT2D eigenvalue weighted by atomic mass is 16.5. The van der Waals surface area contributed by atoms with Gasteiger partial charge in [0, 0.05) is 17.3 Å². The summed E-state index contributed by atoms with van der Waals surface area (Å²) in [4.78, 5) is 38.2. The molecule has 1 unspecified atom stereocenters. The molecule has 21 heavy (non-hydrogen) atoms. The van der Waals surface area contributed by atoms with Gasteiger partial charge in [-0.3, -0.25) is 9.59 Å². The minimum absolute atomic E-state index is 0.0302. The normalized spacial score (nSPS) is 12.1. The van der Waals surface area contributed by atoms with Gasteiger partial charge in [0.25, 0.3) is 5.91 Å². The summed E-state index contributed by atoms with van der Waals surface area (Å²) in [5.41, 5.74) is 1.86. The van der Waals surface area contributed by atoms with E-state index in [1.165, 1.54) is 13.8 Å². The quantitative estimate of drug-likeness (QED) is 0.641. The van der Waals surface area contributed by atoms with Crippen LogP contribution in [0.5, 0.6) is 0 Å². The molecule has 0 fully saturated rings. The van der Waals surface area contributed by atoms with Crippen molar-refractivity contribution >= 4 is 17.7 Å². The fraction of sp³-hybridized carbons (Fsp3) is 0.533. The molecule has 0 aliphatic carbocycles. The van der Waals surface area contributed by atoms with E-state index in [0.29, 0.717) is 16.8 Å². The van der Waals surface area contributed by atoms with Crippen LogP contribution < -0.4 is 5.32 Å². The number of ketones is 1. The molecule has 6 nitrogen and oxygen atoms in total. The predicted octanol–water partition coefficient (Wildman–Crippen LogP) is 1.90. The van der Waals surface area contributed by atoms with Crippen LogP contribution in [0.25, 0.3) is 0 Å². The van der Waals surface area contributed by atoms with Gasteiger partial charge in [0.2, 0.25) is 0 Å². The van der Waals surface area contributed by atoms with E-state index in [4.69, 9.17) is 4.74 Å². The van der Waals surface area contributed by atoms with Crippen LogP contribution in [0.2, 0.25) is 0 Å². The number of H-pyrrole nitrogens is 1. The largest absolute Gasteiger partial charge is 0.448 e. The number of amides is 1. The highest BCUT2D eigenvalue weighted by molar-refractivity contribution is 6.01. The molecular formula is C15H22N2O4. The van der Waals surface area contributed by atoms with Crippen LogP contribution in [-0.4, -0.2) is 34.8 Å². The van der Waals surface area contributed by atoms with Gasteiger partial charge in [0.1, 0.15) is 5.69 Å². The van der Waals surface area contributed by atoms with Crippen LogP contribution >= 0.6 is 0 Å². The Balaban J connectivity index is 2.88. The van der Waals surface area contributed by atoms with E-state index in [2.05, 4.69) is 10.3 Å². The SMILES string of the molecule is CC(=O)c1c(C)[nH]c(C(=O)OC(C)C(=O)NC(C)C)c1C. The second kappa shape index (κ2) is 6.56. The number of rotatable bonds is 5. The number of nitrogens with one attached hydrogen (secondary N) is 2. The molecule has 1 heterocycles. The van der Waals surface area contributed by atoms with Crippen LogP contribution in [-0.2, 0) is 9.53 Å². The number of carbonyl (C=O) groups excluding carboxylic acids is 3. The van der Waals surface area contributed by atoms with Crippen LogP contribution in [0.1, 0.15) is 59.8 Å². The first kappa shape index (κ1) is 16.9. The lowest BCUT2D eigenvalue weighted by Gasteiger charge is -2.15. The van der Waals surface area contributed by atoms with Gasteiger partial charge in [-0.1, -0.05) is 0 Å². The number of hydrogen-bond acceptors (Lipinski definition) is 4. The first-order valence-electron chi connectivity index (χ1n) is 6.86. The van der Waals surface area contributed by atoms with Crippen molar-refractivity contribution in [2.24, 2.45) is 0 Å². The number of carbonyl (C=O) groups is 3. The van der Waals surface area contributed by atoms with Gasteiger partial charge in [-0.05, 0) is 47.1 Å². The molecule has 2 N–H and O–H groups in total. The maximum Gasteiger partial charge on any atom is 0.355 e. The summed E-state index contributed by atoms with van der Waals surface area (Å²) in [6.45, 7) is 9.99. The van der Waals surface area contributed by atoms with Crippen LogP contribution in [0.3, 0.4) is 0 Å². The number of aryl methyl sites for hydroxylation is 1. The molecule has 1 amide bonds. The average Bonchev–Trinajstić information content (AvgIpc) is 2.63. The van der Waals surface area contributed by atoms with Gasteiger partial charge in [-0.25, -0.2) is 4.79 Å². The molecule has 116 valence electrons. The Labute approximate surface area is 124 Å². The van der Waals surface area contributed by atoms with Gasteiger partial charge < -0.3 is 15.0 Å². The van der Waals surface area contributed by atoms with Gasteiger partial charge in [-0.2, -0.15) is 0 Å². The average molecular weight is 294 g/mol. The number of ether oxygens (including phenoxy) is 1. The topological polar surface area (TPSA) is 88.3 Å². The van der Waals surface area contributed by atoms with Gasteiger partial charge in [0.05, 0.1) is 0 Å². The number of Topliss-reactive ketones (excluding diaryl/α,β-unsaturated/α-hetero) is 1. The molecule has 1 aromatic heterocycles. The number of hydrogen-bond donors (Lipinski definition) is 2. The van der Waals surface area contributed by atoms with E-state index in [1.807, 2.05) is 13.8 Å². The van der Waals surface area contributed by atoms with Crippen molar-refractivity contribution in [3.05, 3.63) is 22.5 Å². The molecule has 0 radical (unpaired) electrons. The van der Waals surface area contributed by atoms with Gasteiger partial charge >= 0.3 is 5.97 Å². The molecule has 0 aliphatic heterocycles. The highest BCUT2D eigenvalue weighted by Gasteiger charge is 2.24. The molecule has 0 aliphatic rings. The fourth-order valence-corrected chi connectivity index (χ4v) is 2.16. The Morgan fingerprint density at radius 1 is 1.14 bits per heavy atom. The van der Waals surface area contributed by atoms with Crippen LogP contribution in [0.15, 0.2) is 0 Å². The minimum Gasteiger partial charge on any atom is -0.448 e. The van der Waals surface area contributed by atoms with Crippen LogP contribution in [0, 0.1) is 13.8 Å². The summed E-state index contributed by atoms with van der Waals surface area (Å²) >= 11 is 0. The van der Waals surface area contributed by atoms with Gasteiger partial charge in [0.15, 0.2) is 11.9 Å². The molecule has 1 atom stereocenters. The predicted molar refractivity (Wildman–Crippen MR) is 78.4 cm³/mol. The zero-order valence-corrected chi connectivity index (χ0v) is 13.3. The first-order chi connectivity index (χ1) is 9.65. The standard InChI is InChI=1S/C15H22N2O4/c1-7(2)16-14(19)11(6)21-15(20)13-8(3)12(10(5)18)9(4)17-13/h7,11,17H,1-6H3,(H,16,19). The lowest BCUT2D eigenvalue weighted by molar-refractivity contribution is -0.129. The third kappa shape index (κ3) is 3.93. The summed E-state index contributed by atoms with van der Waals surface area (Å²) in [7, 11) is 0. The van der Waals surface area contributed by atoms with Crippen molar-refractivity contribution in [3.8, 4) is 0 Å². The van der Waals surface area contributed by atoms with Crippen molar-refractivity contribution in [1.29, 1.82) is 0 Å². The summed E-state index contributed by atoms with van der Waals surface area (Å²) in [5.74, 6) is -1.12. The van der Waals surface area contributed by atoms with Crippen molar-refractivity contribution in [3.63, 3.8) is 0 Å². The second-order valence-electron chi connectivity index (χ2n) is 5.39. The van der Waals surface area contributed by atoms with Gasteiger partial charge in [-0.15, -0.1) is 0 Å². The van der Waals surface area contributed by atoms with E-state index in [0.717, 1.165) is 0 Å². The molecule has 0 bridgehead atoms. The van der Waals surface area contributed by atoms with Crippen molar-refractivity contribution in [2.75, 3.05) is 0 Å². The zero-order chi connectivity index (χ0) is 16.3. The molecular weight excluding hydrogens is 272 g/mol. The van der Waals surface area contributed by atoms with Crippen molar-refractivity contribution in [1.82, 2.24) is 10.3 Å². The Morgan fingerprint density at radius 2 is 1.71 bits per heavy atom. The van der Waals surface area contributed by atoms with E-state index in [9.17, 15) is 14.4 Å². The van der Waals surface area contributed by atoms with E-state index >= 15 is 0 Å². The smallest absolute Gasteiger partial charge is 0.355 e. The molecule has 0 saturated carbocycles.